The predicted octanol–water partition coefficient (Wildman–Crippen LogP) is 5.00. The lowest BCUT2D eigenvalue weighted by Crippen LogP contribution is -2.33. The highest BCUT2D eigenvalue weighted by atomic mass is 32.7. The maximum Gasteiger partial charge on any atom is 0.386 e. The van der Waals surface area contributed by atoms with E-state index in [1.54, 1.807) is 13.8 Å². The molecule has 13 rings (SSSR count). The van der Waals surface area contributed by atoms with Gasteiger partial charge in [-0.2, -0.15) is 4.98 Å². The van der Waals surface area contributed by atoms with Crippen LogP contribution in [0.3, 0.4) is 0 Å². The lowest BCUT2D eigenvalue weighted by Gasteiger charge is -2.27. The van der Waals surface area contributed by atoms with Gasteiger partial charge >= 0.3 is 69.2 Å². The minimum absolute atomic E-state index is 0.0253. The smallest absolute Gasteiger partial charge is 0.383 e. The number of thiol groups is 6. The van der Waals surface area contributed by atoms with Gasteiger partial charge < -0.3 is 44.4 Å². The van der Waals surface area contributed by atoms with Crippen LogP contribution in [-0.2, 0) is 110 Å². The Labute approximate surface area is 717 Å². The second-order valence-electron chi connectivity index (χ2n) is 28.7. The first-order chi connectivity index (χ1) is 57.2. The van der Waals surface area contributed by atoms with Crippen LogP contribution in [0.4, 0.5) is 11.6 Å². The number of hydrogen-bond acceptors (Lipinski definition) is 39. The predicted molar refractivity (Wildman–Crippen MR) is 444 cm³/mol. The molecule has 0 saturated carbocycles. The van der Waals surface area contributed by atoms with Gasteiger partial charge in [0.25, 0.3) is 22.2 Å². The van der Waals surface area contributed by atoms with Crippen molar-refractivity contribution in [3.63, 3.8) is 0 Å². The van der Waals surface area contributed by atoms with Crippen LogP contribution in [0, 0.1) is 34.6 Å². The van der Waals surface area contributed by atoms with Gasteiger partial charge in [-0.3, -0.25) is 116 Å². The van der Waals surface area contributed by atoms with E-state index >= 15 is 0 Å². The zero-order valence-electron chi connectivity index (χ0n) is 64.7. The van der Waals surface area contributed by atoms with Crippen LogP contribution in [0.25, 0.3) is 11.2 Å². The molecule has 122 heavy (non-hydrogen) atoms. The number of nitrogen functional groups attached to an aromatic ring is 2. The van der Waals surface area contributed by atoms with E-state index in [2.05, 4.69) is 113 Å². The Morgan fingerprint density at radius 1 is 0.385 bits per heavy atom. The summed E-state index contributed by atoms with van der Waals surface area (Å²) in [5.41, 5.74) is 5.79. The highest BCUT2D eigenvalue weighted by molar-refractivity contribution is 8.46. The molecule has 7 aromatic heterocycles. The van der Waals surface area contributed by atoms with Gasteiger partial charge in [0.15, 0.2) is 11.5 Å². The molecule has 13 heterocycles. The van der Waals surface area contributed by atoms with E-state index in [4.69, 9.17) is 94.2 Å². The highest BCUT2D eigenvalue weighted by Crippen LogP contribution is 2.63. The van der Waals surface area contributed by atoms with Crippen LogP contribution < -0.4 is 62.2 Å². The Morgan fingerprint density at radius 2 is 0.664 bits per heavy atom. The molecule has 12 unspecified atom stereocenters. The van der Waals surface area contributed by atoms with Crippen molar-refractivity contribution in [2.45, 2.75) is 191 Å². The molecule has 0 spiro atoms. The Morgan fingerprint density at radius 3 is 0.992 bits per heavy atom. The largest absolute Gasteiger partial charge is 0.386 e. The van der Waals surface area contributed by atoms with Gasteiger partial charge in [0.1, 0.15) is 116 Å². The molecule has 6 saturated heterocycles. The number of nitrogens with two attached hydrogens (primary N) is 2. The van der Waals surface area contributed by atoms with E-state index < -0.39 is 242 Å². The minimum Gasteiger partial charge on any atom is -0.383 e. The third-order valence-corrected chi connectivity index (χ3v) is 30.1. The molecule has 670 valence electrons. The number of hydrogen-bond donors (Lipinski definition) is 12. The van der Waals surface area contributed by atoms with Gasteiger partial charge in [-0.25, -0.2) is 66.3 Å². The Balaban J connectivity index is 0.706. The number of imidazole rings is 1. The normalized spacial score (nSPS) is 29.8. The molecule has 49 nitrogen and oxygen atoms in total. The van der Waals surface area contributed by atoms with Crippen molar-refractivity contribution in [3.8, 4) is 0 Å². The average Bonchev–Trinajstić information content (AvgIpc) is 1.64. The fourth-order valence-corrected chi connectivity index (χ4v) is 22.5. The molecular formula is C61H82N16O33P6S6. The third-order valence-electron chi connectivity index (χ3n) is 20.1. The standard InChI is InChI=1S/C61H82N16O33P6S6/c1-26-14-72(57(82)67-50(26)62)44-9-33(106-111(87,117)93-7)38(100-44)19-95-113(89,119)108-35-11-46(75-17-29(4)55(80)70-60(75)85)103-41(35)22-97-116(92,122)110-37-13-48(77-25-66-49-51(63)64-24-65-52(49)77)104-42(37)23-98-115(91,121)109-36-12-47(76-18-30(5)56(81)71-61(76)86)102-40(36)21-96-114(90,120)107-34-10-45(74-16-28(3)54(79)69-59(74)84)101-39(34)20-94-112(88,118)105-32-8-43(99-31(32)6)73-15-27(2)53(78)68-58(73)83/h14-18,24-25,31-48H,8-13,19-23H2,1-7H3,(H,87,117)(H,88,118)(H,89,119)(H,90,120)(H,91,121)(H,92,122)(H2,62,67,82)(H2,63,64,65)(H,68,78,83)(H,69,79,84)(H,70,80,85)(H,71,81,86)/t31-,32?,33?,34?,35?,36?,37?,38-,39-,40-,41-,42-,43-,44-,45-,46-,47-,48-,111?,112?,113?,114?,115?,116?/m1/s1. The highest BCUT2D eigenvalue weighted by Gasteiger charge is 2.51. The molecular weight excluding hydrogens is 1860 g/mol. The molecule has 0 radical (unpaired) electrons. The third kappa shape index (κ3) is 22.4. The number of nitrogens with one attached hydrogen (secondary N) is 4. The van der Waals surface area contributed by atoms with Crippen molar-refractivity contribution in [1.29, 1.82) is 0 Å². The molecule has 0 aromatic carbocycles. The Bertz CT molecular complexity index is 6040. The first-order valence-corrected chi connectivity index (χ1v) is 52.7. The maximum absolute atomic E-state index is 14.9. The SMILES string of the molecule is COP(=O)(S)OC1C[C@H](n2cc(C)c(N)nc2=O)O[C@@H]1COP(=O)(S)OC1C[C@H](n2cc(C)c(=O)[nH]c2=O)O[C@@H]1COP(=O)(S)OC1C[C@H](n2cnc3c(N)ncnc32)O[C@@H]1COP(=O)(S)OC1C[C@H](n2cc(C)c(=O)[nH]c2=O)O[C@@H]1COP(=O)(S)OC1C[C@H](n2cc(C)c(=O)[nH]c2=O)O[C@@H]1COP(=O)(S)OC1C[C@H](n2cc(C)c(=O)[nH]c2=O)O[C@@H]1C. The van der Waals surface area contributed by atoms with E-state index in [0.717, 1.165) is 42.5 Å². The van der Waals surface area contributed by atoms with E-state index in [9.17, 15) is 70.5 Å². The van der Waals surface area contributed by atoms with E-state index in [1.165, 1.54) is 63.4 Å². The lowest BCUT2D eigenvalue weighted by molar-refractivity contribution is -0.0531. The van der Waals surface area contributed by atoms with Crippen LogP contribution in [0.5, 0.6) is 0 Å². The summed E-state index contributed by atoms with van der Waals surface area (Å²) in [5.74, 6) is -0.0761. The Kier molecular flexibility index (Phi) is 29.1. The summed E-state index contributed by atoms with van der Waals surface area (Å²) < 4.78 is 199. The first-order valence-electron chi connectivity index (χ1n) is 36.5. The fourth-order valence-electron chi connectivity index (χ4n) is 13.9. The summed E-state index contributed by atoms with van der Waals surface area (Å²) in [5, 5.41) is 0. The van der Waals surface area contributed by atoms with E-state index in [1.807, 2.05) is 0 Å². The average molecular weight is 1950 g/mol. The molecule has 0 amide bonds. The number of anilines is 2. The number of rotatable bonds is 34. The molecule has 0 aliphatic carbocycles. The van der Waals surface area contributed by atoms with Gasteiger partial charge in [0.05, 0.1) is 51.6 Å². The summed E-state index contributed by atoms with van der Waals surface area (Å²) in [6, 6.07) is 0. The monoisotopic (exact) mass is 1940 g/mol. The van der Waals surface area contributed by atoms with Gasteiger partial charge in [0, 0.05) is 104 Å². The number of aromatic amines is 4. The molecule has 8 N–H and O–H groups in total. The van der Waals surface area contributed by atoms with Crippen molar-refractivity contribution >= 4 is 137 Å². The maximum atomic E-state index is 14.9. The number of nitrogens with zero attached hydrogens (tertiary/aromatic N) is 10. The minimum atomic E-state index is -4.86. The van der Waals surface area contributed by atoms with Crippen LogP contribution >= 0.6 is 114 Å². The van der Waals surface area contributed by atoms with Gasteiger partial charge in [-0.05, 0) is 41.5 Å². The zero-order chi connectivity index (χ0) is 88.4. The van der Waals surface area contributed by atoms with Gasteiger partial charge in [0.2, 0.25) is 0 Å². The van der Waals surface area contributed by atoms with Crippen molar-refractivity contribution in [2.24, 2.45) is 0 Å². The summed E-state index contributed by atoms with van der Waals surface area (Å²) >= 11 is 25.3. The van der Waals surface area contributed by atoms with E-state index in [0.29, 0.717) is 5.56 Å². The summed E-state index contributed by atoms with van der Waals surface area (Å²) in [6.07, 6.45) is -16.6. The van der Waals surface area contributed by atoms with Crippen molar-refractivity contribution < 1.29 is 110 Å². The van der Waals surface area contributed by atoms with Crippen molar-refractivity contribution in [2.75, 3.05) is 51.6 Å². The fraction of sp³-hybridized carbons (Fsp3) is 0.590. The second kappa shape index (κ2) is 37.7. The van der Waals surface area contributed by atoms with Gasteiger partial charge in [-0.1, -0.05) is 73.5 Å². The summed E-state index contributed by atoms with van der Waals surface area (Å²) in [4.78, 5) is 141. The molecule has 6 aliphatic heterocycles. The number of aryl methyl sites for hydroxylation is 5. The van der Waals surface area contributed by atoms with Crippen molar-refractivity contribution in [1.82, 2.24) is 67.3 Å². The number of aromatic nitrogens is 14. The topological polar surface area (TPSA) is 619 Å². The Hall–Kier alpha value is -5.49. The molecule has 7 aromatic rings. The summed E-state index contributed by atoms with van der Waals surface area (Å²) in [6.45, 7) is -22.8. The summed E-state index contributed by atoms with van der Waals surface area (Å²) in [7, 11) is 1.07. The van der Waals surface area contributed by atoms with Crippen LogP contribution in [-0.4, -0.2) is 181 Å². The molecule has 61 heteroatoms. The molecule has 6 aliphatic rings. The van der Waals surface area contributed by atoms with Crippen molar-refractivity contribution in [3.05, 3.63) is 165 Å². The molecule has 6 fully saturated rings. The van der Waals surface area contributed by atoms with Gasteiger partial charge in [-0.15, -0.1) is 0 Å². The number of fused-ring (bicyclic) bond motifs is 1. The van der Waals surface area contributed by atoms with E-state index in [-0.39, 0.29) is 77.2 Å². The van der Waals surface area contributed by atoms with Crippen LogP contribution in [0.1, 0.15) is 111 Å². The second-order valence-corrected chi connectivity index (χ2v) is 46.1. The quantitative estimate of drug-likeness (QED) is 0.0186. The lowest BCUT2D eigenvalue weighted by atomic mass is 10.2. The van der Waals surface area contributed by atoms with Crippen LogP contribution in [0.15, 0.2) is 86.8 Å². The molecule has 24 atom stereocenters. The van der Waals surface area contributed by atoms with Crippen LogP contribution in [0.2, 0.25) is 0 Å². The number of ether oxygens (including phenoxy) is 6. The zero-order valence-corrected chi connectivity index (χ0v) is 75.4. The molecule has 0 bridgehead atoms. The number of H-pyrrole nitrogens is 4. The first kappa shape index (κ1) is 94.1.